The Kier molecular flexibility index (Phi) is 6.56. The zero-order valence-electron chi connectivity index (χ0n) is 14.0. The summed E-state index contributed by atoms with van der Waals surface area (Å²) < 4.78 is 26.4. The molecule has 1 unspecified atom stereocenters. The Morgan fingerprint density at radius 2 is 1.77 bits per heavy atom. The molecule has 1 rings (SSSR count). The molecule has 0 fully saturated rings. The summed E-state index contributed by atoms with van der Waals surface area (Å²) in [6.45, 7) is 10.4. The van der Waals surface area contributed by atoms with E-state index in [1.165, 1.54) is 16.4 Å². The first kappa shape index (κ1) is 18.6. The van der Waals surface area contributed by atoms with Crippen LogP contribution in [0.2, 0.25) is 0 Å². The summed E-state index contributed by atoms with van der Waals surface area (Å²) in [7, 11) is -3.55. The maximum Gasteiger partial charge on any atom is 0.251 e. The summed E-state index contributed by atoms with van der Waals surface area (Å²) in [4.78, 5) is 12.4. The fourth-order valence-corrected chi connectivity index (χ4v) is 3.47. The van der Waals surface area contributed by atoms with Crippen molar-refractivity contribution in [1.82, 2.24) is 9.62 Å². The van der Waals surface area contributed by atoms with Gasteiger partial charge in [-0.25, -0.2) is 8.42 Å². The second-order valence-electron chi connectivity index (χ2n) is 5.62. The van der Waals surface area contributed by atoms with E-state index in [4.69, 9.17) is 0 Å². The molecule has 1 N–H and O–H groups in total. The van der Waals surface area contributed by atoms with Crippen molar-refractivity contribution < 1.29 is 13.2 Å². The lowest BCUT2D eigenvalue weighted by Gasteiger charge is -2.20. The molecule has 124 valence electrons. The minimum Gasteiger partial charge on any atom is -0.349 e. The Morgan fingerprint density at radius 1 is 1.18 bits per heavy atom. The third kappa shape index (κ3) is 4.30. The first-order valence-electron chi connectivity index (χ1n) is 7.65. The van der Waals surface area contributed by atoms with E-state index in [-0.39, 0.29) is 16.8 Å². The van der Waals surface area contributed by atoms with Gasteiger partial charge in [0.1, 0.15) is 0 Å². The SMILES string of the molecule is CCN(CC)S(=O)(=O)c1cccc(C(=O)NC(C)C(C)C)c1. The van der Waals surface area contributed by atoms with E-state index >= 15 is 0 Å². The van der Waals surface area contributed by atoms with Crippen molar-refractivity contribution in [1.29, 1.82) is 0 Å². The highest BCUT2D eigenvalue weighted by Gasteiger charge is 2.22. The molecule has 0 heterocycles. The Labute approximate surface area is 133 Å². The van der Waals surface area contributed by atoms with E-state index in [0.29, 0.717) is 24.6 Å². The van der Waals surface area contributed by atoms with Crippen molar-refractivity contribution >= 4 is 15.9 Å². The van der Waals surface area contributed by atoms with Gasteiger partial charge in [0.2, 0.25) is 10.0 Å². The number of hydrogen-bond donors (Lipinski definition) is 1. The summed E-state index contributed by atoms with van der Waals surface area (Å²) >= 11 is 0. The van der Waals surface area contributed by atoms with Crippen molar-refractivity contribution in [3.05, 3.63) is 29.8 Å². The Hall–Kier alpha value is -1.40. The van der Waals surface area contributed by atoms with Crippen LogP contribution in [0.25, 0.3) is 0 Å². The third-order valence-corrected chi connectivity index (χ3v) is 5.84. The first-order valence-corrected chi connectivity index (χ1v) is 9.09. The summed E-state index contributed by atoms with van der Waals surface area (Å²) in [5.41, 5.74) is 0.362. The van der Waals surface area contributed by atoms with Crippen LogP contribution < -0.4 is 5.32 Å². The van der Waals surface area contributed by atoms with E-state index in [9.17, 15) is 13.2 Å². The molecule has 0 aliphatic heterocycles. The fourth-order valence-electron chi connectivity index (χ4n) is 1.97. The molecule has 0 aliphatic rings. The van der Waals surface area contributed by atoms with Gasteiger partial charge in [-0.1, -0.05) is 33.8 Å². The van der Waals surface area contributed by atoms with Crippen LogP contribution in [0, 0.1) is 5.92 Å². The molecule has 0 spiro atoms. The molecule has 5 nitrogen and oxygen atoms in total. The number of nitrogens with zero attached hydrogens (tertiary/aromatic N) is 1. The zero-order valence-corrected chi connectivity index (χ0v) is 14.8. The number of rotatable bonds is 7. The lowest BCUT2D eigenvalue weighted by molar-refractivity contribution is 0.0930. The van der Waals surface area contributed by atoms with Gasteiger partial charge in [-0.2, -0.15) is 4.31 Å². The number of carbonyl (C=O) groups is 1. The molecule has 0 aliphatic carbocycles. The molecule has 22 heavy (non-hydrogen) atoms. The van der Waals surface area contributed by atoms with Crippen LogP contribution in [0.5, 0.6) is 0 Å². The van der Waals surface area contributed by atoms with Gasteiger partial charge in [0.25, 0.3) is 5.91 Å². The van der Waals surface area contributed by atoms with Crippen molar-refractivity contribution in [2.75, 3.05) is 13.1 Å². The molecule has 0 saturated heterocycles. The van der Waals surface area contributed by atoms with Crippen LogP contribution in [0.4, 0.5) is 0 Å². The second-order valence-corrected chi connectivity index (χ2v) is 7.56. The molecular formula is C16H26N2O3S. The third-order valence-electron chi connectivity index (χ3n) is 3.80. The second kappa shape index (κ2) is 7.74. The van der Waals surface area contributed by atoms with Crippen LogP contribution in [-0.4, -0.2) is 37.8 Å². The molecule has 0 radical (unpaired) electrons. The Morgan fingerprint density at radius 3 is 2.27 bits per heavy atom. The normalized spacial score (nSPS) is 13.4. The molecule has 1 amide bonds. The minimum atomic E-state index is -3.55. The van der Waals surface area contributed by atoms with E-state index in [0.717, 1.165) is 0 Å². The number of sulfonamides is 1. The van der Waals surface area contributed by atoms with E-state index < -0.39 is 10.0 Å². The Bertz CT molecular complexity index is 608. The van der Waals surface area contributed by atoms with Gasteiger partial charge < -0.3 is 5.32 Å². The lowest BCUT2D eigenvalue weighted by atomic mass is 10.1. The smallest absolute Gasteiger partial charge is 0.251 e. The average Bonchev–Trinajstić information content (AvgIpc) is 2.48. The molecule has 1 aromatic carbocycles. The molecule has 1 aromatic rings. The summed E-state index contributed by atoms with van der Waals surface area (Å²) in [5, 5.41) is 2.88. The first-order chi connectivity index (χ1) is 10.2. The van der Waals surface area contributed by atoms with E-state index in [1.54, 1.807) is 26.0 Å². The van der Waals surface area contributed by atoms with Crippen molar-refractivity contribution in [2.45, 2.75) is 45.6 Å². The largest absolute Gasteiger partial charge is 0.349 e. The highest BCUT2D eigenvalue weighted by atomic mass is 32.2. The lowest BCUT2D eigenvalue weighted by Crippen LogP contribution is -2.36. The maximum atomic E-state index is 12.5. The van der Waals surface area contributed by atoms with Gasteiger partial charge in [-0.15, -0.1) is 0 Å². The highest BCUT2D eigenvalue weighted by molar-refractivity contribution is 7.89. The molecule has 0 aromatic heterocycles. The van der Waals surface area contributed by atoms with E-state index in [1.807, 2.05) is 20.8 Å². The number of carbonyl (C=O) groups excluding carboxylic acids is 1. The summed E-state index contributed by atoms with van der Waals surface area (Å²) in [5.74, 6) is 0.0596. The predicted octanol–water partition coefficient (Wildman–Crippen LogP) is 2.49. The predicted molar refractivity (Wildman–Crippen MR) is 88.3 cm³/mol. The molecule has 0 bridgehead atoms. The molecular weight excluding hydrogens is 300 g/mol. The Balaban J connectivity index is 3.07. The monoisotopic (exact) mass is 326 g/mol. The van der Waals surface area contributed by atoms with Gasteiger partial charge in [-0.05, 0) is 31.0 Å². The highest BCUT2D eigenvalue weighted by Crippen LogP contribution is 2.17. The van der Waals surface area contributed by atoms with Gasteiger partial charge in [0.05, 0.1) is 4.90 Å². The topological polar surface area (TPSA) is 66.5 Å². The average molecular weight is 326 g/mol. The van der Waals surface area contributed by atoms with Gasteiger partial charge >= 0.3 is 0 Å². The summed E-state index contributed by atoms with van der Waals surface area (Å²) in [6.07, 6.45) is 0. The van der Waals surface area contributed by atoms with Gasteiger partial charge in [-0.3, -0.25) is 4.79 Å². The van der Waals surface area contributed by atoms with Crippen LogP contribution >= 0.6 is 0 Å². The zero-order chi connectivity index (χ0) is 16.9. The van der Waals surface area contributed by atoms with Crippen molar-refractivity contribution in [2.24, 2.45) is 5.92 Å². The molecule has 1 atom stereocenters. The van der Waals surface area contributed by atoms with Crippen LogP contribution in [-0.2, 0) is 10.0 Å². The van der Waals surface area contributed by atoms with E-state index in [2.05, 4.69) is 5.32 Å². The number of nitrogens with one attached hydrogen (secondary N) is 1. The number of hydrogen-bond acceptors (Lipinski definition) is 3. The van der Waals surface area contributed by atoms with Gasteiger partial charge in [0.15, 0.2) is 0 Å². The molecule has 0 saturated carbocycles. The van der Waals surface area contributed by atoms with Crippen molar-refractivity contribution in [3.63, 3.8) is 0 Å². The summed E-state index contributed by atoms with van der Waals surface area (Å²) in [6, 6.07) is 6.22. The van der Waals surface area contributed by atoms with Gasteiger partial charge in [0, 0.05) is 24.7 Å². The maximum absolute atomic E-state index is 12.5. The minimum absolute atomic E-state index is 0.0237. The fraction of sp³-hybridized carbons (Fsp3) is 0.562. The quantitative estimate of drug-likeness (QED) is 0.837. The van der Waals surface area contributed by atoms with Crippen LogP contribution in [0.1, 0.15) is 45.0 Å². The number of amides is 1. The number of benzene rings is 1. The van der Waals surface area contributed by atoms with Crippen LogP contribution in [0.3, 0.4) is 0 Å². The van der Waals surface area contributed by atoms with Crippen LogP contribution in [0.15, 0.2) is 29.2 Å². The molecule has 6 heteroatoms. The van der Waals surface area contributed by atoms with Crippen molar-refractivity contribution in [3.8, 4) is 0 Å². The standard InChI is InChI=1S/C16H26N2O3S/c1-6-18(7-2)22(20,21)15-10-8-9-14(11-15)16(19)17-13(5)12(3)4/h8-13H,6-7H2,1-5H3,(H,17,19).